The monoisotopic (exact) mass is 294 g/mol. The van der Waals surface area contributed by atoms with Crippen LogP contribution < -0.4 is 10.1 Å². The summed E-state index contributed by atoms with van der Waals surface area (Å²) in [5.74, 6) is 0.371. The Kier molecular flexibility index (Phi) is 8.43. The van der Waals surface area contributed by atoms with Gasteiger partial charge in [-0.1, -0.05) is 39.2 Å². The first kappa shape index (κ1) is 17.4. The summed E-state index contributed by atoms with van der Waals surface area (Å²) >= 11 is 0. The molecule has 5 nitrogen and oxygen atoms in total. The van der Waals surface area contributed by atoms with Crippen LogP contribution in [0, 0.1) is 10.1 Å². The number of nitrogens with one attached hydrogen (secondary N) is 1. The zero-order valence-corrected chi connectivity index (χ0v) is 13.1. The molecule has 0 bridgehead atoms. The number of benzene rings is 1. The van der Waals surface area contributed by atoms with E-state index in [9.17, 15) is 10.1 Å². The first-order valence-corrected chi connectivity index (χ1v) is 7.79. The number of hydrogen-bond donors (Lipinski definition) is 1. The average Bonchev–Trinajstić information content (AvgIpc) is 2.48. The highest BCUT2D eigenvalue weighted by atomic mass is 16.6. The third kappa shape index (κ3) is 6.58. The molecule has 0 fully saturated rings. The van der Waals surface area contributed by atoms with Crippen LogP contribution in [-0.2, 0) is 6.54 Å². The molecule has 1 aromatic carbocycles. The van der Waals surface area contributed by atoms with Gasteiger partial charge in [-0.3, -0.25) is 10.1 Å². The lowest BCUT2D eigenvalue weighted by Crippen LogP contribution is -2.14. The van der Waals surface area contributed by atoms with Gasteiger partial charge in [0, 0.05) is 12.6 Å². The number of hydrogen-bond acceptors (Lipinski definition) is 4. The van der Waals surface area contributed by atoms with E-state index in [-0.39, 0.29) is 10.6 Å². The lowest BCUT2D eigenvalue weighted by atomic mass is 10.2. The van der Waals surface area contributed by atoms with Gasteiger partial charge in [0.1, 0.15) is 0 Å². The van der Waals surface area contributed by atoms with Gasteiger partial charge in [-0.15, -0.1) is 0 Å². The molecule has 1 N–H and O–H groups in total. The van der Waals surface area contributed by atoms with E-state index in [0.717, 1.165) is 31.4 Å². The normalized spacial score (nSPS) is 10.6. The highest BCUT2D eigenvalue weighted by Crippen LogP contribution is 2.28. The molecule has 0 aliphatic carbocycles. The molecule has 0 saturated carbocycles. The van der Waals surface area contributed by atoms with E-state index >= 15 is 0 Å². The van der Waals surface area contributed by atoms with E-state index < -0.39 is 0 Å². The topological polar surface area (TPSA) is 64.4 Å². The smallest absolute Gasteiger partial charge is 0.311 e. The van der Waals surface area contributed by atoms with Gasteiger partial charge < -0.3 is 10.1 Å². The molecule has 0 aliphatic rings. The van der Waals surface area contributed by atoms with Crippen LogP contribution in [0.2, 0.25) is 0 Å². The number of nitro groups is 1. The Bertz CT molecular complexity index is 436. The standard InChI is InChI=1S/C16H26N2O3/c1-3-5-6-7-11-21-16-9-8-14(13-17-10-4-2)12-15(16)18(19)20/h8-9,12,17H,3-7,10-11,13H2,1-2H3. The summed E-state index contributed by atoms with van der Waals surface area (Å²) < 4.78 is 5.56. The lowest BCUT2D eigenvalue weighted by Gasteiger charge is -2.09. The maximum absolute atomic E-state index is 11.1. The number of ether oxygens (including phenoxy) is 1. The number of nitro benzene ring substituents is 1. The Balaban J connectivity index is 2.59. The van der Waals surface area contributed by atoms with Crippen molar-refractivity contribution in [1.82, 2.24) is 5.32 Å². The molecule has 0 amide bonds. The zero-order valence-electron chi connectivity index (χ0n) is 13.1. The molecule has 0 atom stereocenters. The second kappa shape index (κ2) is 10.2. The van der Waals surface area contributed by atoms with Gasteiger partial charge in [-0.2, -0.15) is 0 Å². The summed E-state index contributed by atoms with van der Waals surface area (Å²) in [5.41, 5.74) is 0.967. The first-order chi connectivity index (χ1) is 10.2. The van der Waals surface area contributed by atoms with Crippen LogP contribution in [0.25, 0.3) is 0 Å². The van der Waals surface area contributed by atoms with Crippen molar-refractivity contribution in [2.75, 3.05) is 13.2 Å². The fourth-order valence-corrected chi connectivity index (χ4v) is 2.06. The summed E-state index contributed by atoms with van der Waals surface area (Å²) in [6, 6.07) is 5.20. The molecule has 0 radical (unpaired) electrons. The van der Waals surface area contributed by atoms with Gasteiger partial charge in [0.2, 0.25) is 0 Å². The number of nitrogens with zero attached hydrogens (tertiary/aromatic N) is 1. The molecule has 21 heavy (non-hydrogen) atoms. The SMILES string of the molecule is CCCCCCOc1ccc(CNCCC)cc1[N+](=O)[O-]. The minimum absolute atomic E-state index is 0.0567. The van der Waals surface area contributed by atoms with E-state index in [1.54, 1.807) is 12.1 Å². The van der Waals surface area contributed by atoms with Crippen LogP contribution in [0.15, 0.2) is 18.2 Å². The van der Waals surface area contributed by atoms with Crippen molar-refractivity contribution in [3.8, 4) is 5.75 Å². The summed E-state index contributed by atoms with van der Waals surface area (Å²) in [4.78, 5) is 10.8. The van der Waals surface area contributed by atoms with E-state index in [4.69, 9.17) is 4.74 Å². The van der Waals surface area contributed by atoms with E-state index in [2.05, 4.69) is 19.2 Å². The maximum atomic E-state index is 11.1. The zero-order chi connectivity index (χ0) is 15.5. The Morgan fingerprint density at radius 1 is 1.19 bits per heavy atom. The largest absolute Gasteiger partial charge is 0.487 e. The molecular weight excluding hydrogens is 268 g/mol. The minimum Gasteiger partial charge on any atom is -0.487 e. The Morgan fingerprint density at radius 2 is 2.00 bits per heavy atom. The minimum atomic E-state index is -0.370. The number of unbranched alkanes of at least 4 members (excludes halogenated alkanes) is 3. The molecule has 0 unspecified atom stereocenters. The quantitative estimate of drug-likeness (QED) is 0.380. The van der Waals surface area contributed by atoms with Gasteiger partial charge in [0.05, 0.1) is 11.5 Å². The molecule has 1 aromatic rings. The molecule has 0 aromatic heterocycles. The van der Waals surface area contributed by atoms with Crippen molar-refractivity contribution in [3.05, 3.63) is 33.9 Å². The van der Waals surface area contributed by atoms with E-state index in [1.165, 1.54) is 12.8 Å². The lowest BCUT2D eigenvalue weighted by molar-refractivity contribution is -0.385. The molecular formula is C16H26N2O3. The van der Waals surface area contributed by atoms with Gasteiger partial charge in [-0.25, -0.2) is 0 Å². The third-order valence-electron chi connectivity index (χ3n) is 3.23. The summed E-state index contributed by atoms with van der Waals surface area (Å²) in [5, 5.41) is 14.4. The summed E-state index contributed by atoms with van der Waals surface area (Å²) in [6.45, 7) is 6.32. The molecule has 0 heterocycles. The molecule has 1 rings (SSSR count). The predicted molar refractivity (Wildman–Crippen MR) is 84.7 cm³/mol. The van der Waals surface area contributed by atoms with Crippen molar-refractivity contribution in [2.45, 2.75) is 52.5 Å². The van der Waals surface area contributed by atoms with Crippen LogP contribution in [0.5, 0.6) is 5.75 Å². The van der Waals surface area contributed by atoms with Crippen LogP contribution in [0.4, 0.5) is 5.69 Å². The van der Waals surface area contributed by atoms with Crippen molar-refractivity contribution >= 4 is 5.69 Å². The first-order valence-electron chi connectivity index (χ1n) is 7.79. The molecule has 0 saturated heterocycles. The number of rotatable bonds is 11. The van der Waals surface area contributed by atoms with E-state index in [1.807, 2.05) is 6.07 Å². The molecule has 0 spiro atoms. The molecule has 0 aliphatic heterocycles. The Morgan fingerprint density at radius 3 is 2.67 bits per heavy atom. The van der Waals surface area contributed by atoms with Crippen LogP contribution >= 0.6 is 0 Å². The van der Waals surface area contributed by atoms with Crippen molar-refractivity contribution in [3.63, 3.8) is 0 Å². The molecule has 5 heteroatoms. The second-order valence-electron chi connectivity index (χ2n) is 5.15. The second-order valence-corrected chi connectivity index (χ2v) is 5.15. The Hall–Kier alpha value is -1.62. The maximum Gasteiger partial charge on any atom is 0.311 e. The highest BCUT2D eigenvalue weighted by Gasteiger charge is 2.15. The highest BCUT2D eigenvalue weighted by molar-refractivity contribution is 5.48. The van der Waals surface area contributed by atoms with Crippen LogP contribution in [0.1, 0.15) is 51.5 Å². The predicted octanol–water partition coefficient (Wildman–Crippen LogP) is 4.05. The molecule has 118 valence electrons. The van der Waals surface area contributed by atoms with Crippen molar-refractivity contribution in [2.24, 2.45) is 0 Å². The van der Waals surface area contributed by atoms with Gasteiger partial charge >= 0.3 is 5.69 Å². The fraction of sp³-hybridized carbons (Fsp3) is 0.625. The van der Waals surface area contributed by atoms with Crippen molar-refractivity contribution < 1.29 is 9.66 Å². The van der Waals surface area contributed by atoms with Gasteiger partial charge in [0.25, 0.3) is 0 Å². The van der Waals surface area contributed by atoms with Gasteiger partial charge in [-0.05, 0) is 31.0 Å². The average molecular weight is 294 g/mol. The summed E-state index contributed by atoms with van der Waals surface area (Å²) in [6.07, 6.45) is 5.42. The van der Waals surface area contributed by atoms with Crippen molar-refractivity contribution in [1.29, 1.82) is 0 Å². The fourth-order valence-electron chi connectivity index (χ4n) is 2.06. The van der Waals surface area contributed by atoms with Gasteiger partial charge in [0.15, 0.2) is 5.75 Å². The van der Waals surface area contributed by atoms with E-state index in [0.29, 0.717) is 18.9 Å². The third-order valence-corrected chi connectivity index (χ3v) is 3.23. The van der Waals surface area contributed by atoms with Crippen LogP contribution in [-0.4, -0.2) is 18.1 Å². The van der Waals surface area contributed by atoms with Crippen LogP contribution in [0.3, 0.4) is 0 Å². The Labute approximate surface area is 126 Å². The summed E-state index contributed by atoms with van der Waals surface area (Å²) in [7, 11) is 0.